The van der Waals surface area contributed by atoms with Gasteiger partial charge in [0.15, 0.2) is 0 Å². The Kier molecular flexibility index (Phi) is 5.64. The fraction of sp³-hybridized carbons (Fsp3) is 0.176. The van der Waals surface area contributed by atoms with Gasteiger partial charge in [0.1, 0.15) is 0 Å². The van der Waals surface area contributed by atoms with Gasteiger partial charge in [0, 0.05) is 11.3 Å². The molecule has 0 fully saturated rings. The first-order valence-electron chi connectivity index (χ1n) is 6.96. The quantitative estimate of drug-likeness (QED) is 0.875. The molecule has 120 valence electrons. The number of amides is 2. The molecule has 2 amide bonds. The second kappa shape index (κ2) is 7.49. The molecule has 0 aromatic heterocycles. The molecule has 0 aliphatic carbocycles. The lowest BCUT2D eigenvalue weighted by molar-refractivity contribution is -0.115. The summed E-state index contributed by atoms with van der Waals surface area (Å²) in [7, 11) is 0. The van der Waals surface area contributed by atoms with Crippen LogP contribution < -0.4 is 10.6 Å². The van der Waals surface area contributed by atoms with E-state index >= 15 is 0 Å². The molecule has 0 saturated carbocycles. The number of benzene rings is 2. The molecule has 2 rings (SSSR count). The highest BCUT2D eigenvalue weighted by Crippen LogP contribution is 2.22. The number of carbonyl (C=O) groups excluding carboxylic acids is 2. The molecule has 0 spiro atoms. The molecule has 2 aromatic rings. The highest BCUT2D eigenvalue weighted by molar-refractivity contribution is 6.42. The molecule has 0 unspecified atom stereocenters. The Morgan fingerprint density at radius 2 is 1.61 bits per heavy atom. The van der Waals surface area contributed by atoms with Gasteiger partial charge in [0.25, 0.3) is 5.91 Å². The van der Waals surface area contributed by atoms with Crippen molar-refractivity contribution in [3.8, 4) is 0 Å². The van der Waals surface area contributed by atoms with Crippen molar-refractivity contribution in [1.82, 2.24) is 5.32 Å². The van der Waals surface area contributed by atoms with Crippen molar-refractivity contribution in [1.29, 1.82) is 0 Å². The van der Waals surface area contributed by atoms with Crippen molar-refractivity contribution >= 4 is 40.7 Å². The third-order valence-electron chi connectivity index (χ3n) is 3.10. The van der Waals surface area contributed by atoms with Crippen molar-refractivity contribution in [2.24, 2.45) is 0 Å². The lowest BCUT2D eigenvalue weighted by Crippen LogP contribution is -2.32. The van der Waals surface area contributed by atoms with E-state index in [1.165, 1.54) is 12.1 Å². The molecule has 0 saturated heterocycles. The molecule has 6 heteroatoms. The Balaban J connectivity index is 1.93. The van der Waals surface area contributed by atoms with Crippen LogP contribution in [0.5, 0.6) is 0 Å². The number of rotatable bonds is 4. The summed E-state index contributed by atoms with van der Waals surface area (Å²) in [5.74, 6) is -0.692. The van der Waals surface area contributed by atoms with Crippen LogP contribution in [-0.2, 0) is 4.79 Å². The number of aryl methyl sites for hydroxylation is 2. The van der Waals surface area contributed by atoms with Crippen LogP contribution in [0.4, 0.5) is 5.69 Å². The van der Waals surface area contributed by atoms with Crippen molar-refractivity contribution in [2.45, 2.75) is 13.8 Å². The van der Waals surface area contributed by atoms with Gasteiger partial charge >= 0.3 is 0 Å². The molecule has 0 radical (unpaired) electrons. The van der Waals surface area contributed by atoms with Gasteiger partial charge in [0.2, 0.25) is 5.91 Å². The van der Waals surface area contributed by atoms with Crippen molar-refractivity contribution in [3.05, 3.63) is 63.1 Å². The molecule has 4 nitrogen and oxygen atoms in total. The topological polar surface area (TPSA) is 58.2 Å². The highest BCUT2D eigenvalue weighted by Gasteiger charge is 2.10. The Morgan fingerprint density at radius 1 is 0.957 bits per heavy atom. The van der Waals surface area contributed by atoms with E-state index in [0.717, 1.165) is 11.1 Å². The molecule has 23 heavy (non-hydrogen) atoms. The maximum Gasteiger partial charge on any atom is 0.251 e. The Morgan fingerprint density at radius 3 is 2.22 bits per heavy atom. The maximum absolute atomic E-state index is 12.0. The number of halogens is 2. The molecule has 0 heterocycles. The zero-order chi connectivity index (χ0) is 17.0. The molecule has 2 aromatic carbocycles. The molecule has 0 atom stereocenters. The zero-order valence-electron chi connectivity index (χ0n) is 12.7. The normalized spacial score (nSPS) is 10.3. The van der Waals surface area contributed by atoms with Gasteiger partial charge in [-0.05, 0) is 55.3 Å². The van der Waals surface area contributed by atoms with E-state index in [1.54, 1.807) is 6.07 Å². The number of anilines is 1. The minimum Gasteiger partial charge on any atom is -0.343 e. The molecular weight excluding hydrogens is 335 g/mol. The molecule has 0 aliphatic rings. The minimum atomic E-state index is -0.390. The van der Waals surface area contributed by atoms with E-state index in [-0.39, 0.29) is 18.4 Å². The SMILES string of the molecule is Cc1cc(C)cc(NC(=O)CNC(=O)c2ccc(Cl)c(Cl)c2)c1. The summed E-state index contributed by atoms with van der Waals surface area (Å²) in [6.07, 6.45) is 0. The monoisotopic (exact) mass is 350 g/mol. The molecular formula is C17H16Cl2N2O2. The number of carbonyl (C=O) groups is 2. The number of hydrogen-bond acceptors (Lipinski definition) is 2. The van der Waals surface area contributed by atoms with Gasteiger partial charge in [-0.3, -0.25) is 9.59 Å². The van der Waals surface area contributed by atoms with E-state index in [4.69, 9.17) is 23.2 Å². The smallest absolute Gasteiger partial charge is 0.251 e. The lowest BCUT2D eigenvalue weighted by Gasteiger charge is -2.09. The van der Waals surface area contributed by atoms with Crippen LogP contribution in [0.15, 0.2) is 36.4 Å². The largest absolute Gasteiger partial charge is 0.343 e. The first kappa shape index (κ1) is 17.3. The van der Waals surface area contributed by atoms with Crippen LogP contribution in [0.3, 0.4) is 0 Å². The van der Waals surface area contributed by atoms with Gasteiger partial charge in [-0.15, -0.1) is 0 Å². The third kappa shape index (κ3) is 4.98. The van der Waals surface area contributed by atoms with Gasteiger partial charge in [-0.1, -0.05) is 29.3 Å². The van der Waals surface area contributed by atoms with Gasteiger partial charge in [0.05, 0.1) is 16.6 Å². The fourth-order valence-electron chi connectivity index (χ4n) is 2.15. The predicted octanol–water partition coefficient (Wildman–Crippen LogP) is 3.98. The lowest BCUT2D eigenvalue weighted by atomic mass is 10.1. The van der Waals surface area contributed by atoms with Gasteiger partial charge in [-0.2, -0.15) is 0 Å². The van der Waals surface area contributed by atoms with E-state index in [0.29, 0.717) is 21.3 Å². The van der Waals surface area contributed by atoms with E-state index in [9.17, 15) is 9.59 Å². The van der Waals surface area contributed by atoms with E-state index in [1.807, 2.05) is 32.0 Å². The predicted molar refractivity (Wildman–Crippen MR) is 93.3 cm³/mol. The summed E-state index contributed by atoms with van der Waals surface area (Å²) in [6.45, 7) is 3.77. The summed E-state index contributed by atoms with van der Waals surface area (Å²) >= 11 is 11.7. The summed E-state index contributed by atoms with van der Waals surface area (Å²) in [4.78, 5) is 23.9. The number of hydrogen-bond donors (Lipinski definition) is 2. The Bertz CT molecular complexity index is 740. The summed E-state index contributed by atoms with van der Waals surface area (Å²) < 4.78 is 0. The zero-order valence-corrected chi connectivity index (χ0v) is 14.3. The maximum atomic E-state index is 12.0. The van der Waals surface area contributed by atoms with Crippen LogP contribution in [0.1, 0.15) is 21.5 Å². The van der Waals surface area contributed by atoms with Crippen LogP contribution in [0.25, 0.3) is 0 Å². The molecule has 2 N–H and O–H groups in total. The standard InChI is InChI=1S/C17H16Cl2N2O2/c1-10-5-11(2)7-13(6-10)21-16(22)9-20-17(23)12-3-4-14(18)15(19)8-12/h3-8H,9H2,1-2H3,(H,20,23)(H,21,22). The second-order valence-corrected chi connectivity index (χ2v) is 6.05. The van der Waals surface area contributed by atoms with Crippen LogP contribution in [0.2, 0.25) is 10.0 Å². The van der Waals surface area contributed by atoms with E-state index in [2.05, 4.69) is 10.6 Å². The van der Waals surface area contributed by atoms with Crippen LogP contribution in [0, 0.1) is 13.8 Å². The average molecular weight is 351 g/mol. The Labute approximate surface area is 144 Å². The third-order valence-corrected chi connectivity index (χ3v) is 3.84. The summed E-state index contributed by atoms with van der Waals surface area (Å²) in [6, 6.07) is 10.3. The molecule has 0 aliphatic heterocycles. The minimum absolute atomic E-state index is 0.133. The van der Waals surface area contributed by atoms with Gasteiger partial charge in [-0.25, -0.2) is 0 Å². The van der Waals surface area contributed by atoms with Crippen molar-refractivity contribution < 1.29 is 9.59 Å². The summed E-state index contributed by atoms with van der Waals surface area (Å²) in [5.41, 5.74) is 3.16. The first-order chi connectivity index (χ1) is 10.8. The Hall–Kier alpha value is -2.04. The van der Waals surface area contributed by atoms with Crippen LogP contribution >= 0.6 is 23.2 Å². The highest BCUT2D eigenvalue weighted by atomic mass is 35.5. The van der Waals surface area contributed by atoms with Crippen molar-refractivity contribution in [2.75, 3.05) is 11.9 Å². The van der Waals surface area contributed by atoms with E-state index < -0.39 is 0 Å². The van der Waals surface area contributed by atoms with Crippen LogP contribution in [-0.4, -0.2) is 18.4 Å². The summed E-state index contributed by atoms with van der Waals surface area (Å²) in [5, 5.41) is 5.95. The molecule has 0 bridgehead atoms. The number of nitrogens with one attached hydrogen (secondary N) is 2. The first-order valence-corrected chi connectivity index (χ1v) is 7.72. The fourth-order valence-corrected chi connectivity index (χ4v) is 2.45. The average Bonchev–Trinajstić information content (AvgIpc) is 2.46. The van der Waals surface area contributed by atoms with Gasteiger partial charge < -0.3 is 10.6 Å². The second-order valence-electron chi connectivity index (χ2n) is 5.24. The van der Waals surface area contributed by atoms with Crippen molar-refractivity contribution in [3.63, 3.8) is 0 Å².